The molecule has 27 heavy (non-hydrogen) atoms. The van der Waals surface area contributed by atoms with Crippen LogP contribution in [0.2, 0.25) is 0 Å². The van der Waals surface area contributed by atoms with E-state index in [9.17, 15) is 19.5 Å². The Morgan fingerprint density at radius 1 is 1.15 bits per heavy atom. The highest BCUT2D eigenvalue weighted by Gasteiger charge is 2.57. The highest BCUT2D eigenvalue weighted by atomic mass is 16.5. The molecule has 0 spiro atoms. The van der Waals surface area contributed by atoms with Gasteiger partial charge >= 0.3 is 11.9 Å². The van der Waals surface area contributed by atoms with E-state index in [-0.39, 0.29) is 19.6 Å². The smallest absolute Gasteiger partial charge is 0.317 e. The molecule has 0 aromatic heterocycles. The van der Waals surface area contributed by atoms with Crippen molar-refractivity contribution in [1.82, 2.24) is 0 Å². The molecule has 0 saturated heterocycles. The zero-order valence-corrected chi connectivity index (χ0v) is 16.1. The predicted molar refractivity (Wildman–Crippen MR) is 96.2 cm³/mol. The van der Waals surface area contributed by atoms with Crippen molar-refractivity contribution in [2.24, 2.45) is 11.8 Å². The minimum atomic E-state index is -1.67. The molecule has 1 N–H and O–H groups in total. The van der Waals surface area contributed by atoms with Crippen LogP contribution in [0.1, 0.15) is 38.7 Å². The maximum absolute atomic E-state index is 12.8. The Morgan fingerprint density at radius 3 is 2.33 bits per heavy atom. The molecule has 0 bridgehead atoms. The van der Waals surface area contributed by atoms with E-state index in [1.165, 1.54) is 14.0 Å². The Labute approximate surface area is 158 Å². The van der Waals surface area contributed by atoms with Gasteiger partial charge in [0.15, 0.2) is 5.78 Å². The van der Waals surface area contributed by atoms with E-state index >= 15 is 0 Å². The first-order valence-corrected chi connectivity index (χ1v) is 8.99. The Kier molecular flexibility index (Phi) is 6.59. The van der Waals surface area contributed by atoms with Crippen molar-refractivity contribution < 1.29 is 33.7 Å². The monoisotopic (exact) mass is 378 g/mol. The normalized spacial score (nSPS) is 27.7. The Hall–Kier alpha value is -2.41. The van der Waals surface area contributed by atoms with Gasteiger partial charge in [-0.3, -0.25) is 14.4 Å². The molecular weight excluding hydrogens is 352 g/mol. The second-order valence-corrected chi connectivity index (χ2v) is 6.73. The number of carbonyl (C=O) groups excluding carboxylic acids is 3. The number of hydrogen-bond donors (Lipinski definition) is 1. The topological polar surface area (TPSA) is 99.1 Å². The first-order valence-electron chi connectivity index (χ1n) is 8.99. The number of benzene rings is 1. The molecule has 1 aliphatic carbocycles. The summed E-state index contributed by atoms with van der Waals surface area (Å²) in [6.07, 6.45) is -0.342. The highest BCUT2D eigenvalue weighted by molar-refractivity contribution is 6.03. The van der Waals surface area contributed by atoms with E-state index in [2.05, 4.69) is 0 Å². The van der Waals surface area contributed by atoms with Crippen LogP contribution in [-0.4, -0.2) is 48.8 Å². The van der Waals surface area contributed by atoms with E-state index in [0.717, 1.165) is 0 Å². The minimum absolute atomic E-state index is 0.0989. The molecule has 4 atom stereocenters. The molecule has 1 aromatic rings. The summed E-state index contributed by atoms with van der Waals surface area (Å²) in [6, 6.07) is 6.81. The van der Waals surface area contributed by atoms with Crippen LogP contribution in [0.5, 0.6) is 5.75 Å². The molecule has 0 radical (unpaired) electrons. The average molecular weight is 378 g/mol. The summed E-state index contributed by atoms with van der Waals surface area (Å²) in [5.41, 5.74) is -1.19. The van der Waals surface area contributed by atoms with Crippen LogP contribution in [0.15, 0.2) is 24.3 Å². The predicted octanol–water partition coefficient (Wildman–Crippen LogP) is 1.86. The van der Waals surface area contributed by atoms with Gasteiger partial charge in [-0.25, -0.2) is 0 Å². The molecule has 148 valence electrons. The fourth-order valence-corrected chi connectivity index (χ4v) is 3.80. The number of methoxy groups -OCH3 is 1. The van der Waals surface area contributed by atoms with Crippen LogP contribution in [-0.2, 0) is 23.9 Å². The maximum Gasteiger partial charge on any atom is 0.317 e. The molecule has 0 amide bonds. The van der Waals surface area contributed by atoms with Crippen molar-refractivity contribution in [2.45, 2.75) is 38.7 Å². The third-order valence-corrected chi connectivity index (χ3v) is 4.85. The van der Waals surface area contributed by atoms with Crippen LogP contribution in [0, 0.1) is 11.8 Å². The van der Waals surface area contributed by atoms with Crippen molar-refractivity contribution in [3.05, 3.63) is 29.8 Å². The zero-order chi connectivity index (χ0) is 20.2. The van der Waals surface area contributed by atoms with E-state index < -0.39 is 41.1 Å². The number of ether oxygens (including phenoxy) is 3. The molecule has 7 heteroatoms. The van der Waals surface area contributed by atoms with Crippen LogP contribution < -0.4 is 4.74 Å². The zero-order valence-electron chi connectivity index (χ0n) is 16.1. The average Bonchev–Trinajstić information content (AvgIpc) is 2.60. The van der Waals surface area contributed by atoms with Crippen molar-refractivity contribution in [1.29, 1.82) is 0 Å². The Balaban J connectivity index is 2.67. The minimum Gasteiger partial charge on any atom is -0.496 e. The van der Waals surface area contributed by atoms with Crippen LogP contribution in [0.3, 0.4) is 0 Å². The lowest BCUT2D eigenvalue weighted by Crippen LogP contribution is -2.55. The number of rotatable bonds is 6. The van der Waals surface area contributed by atoms with E-state index in [1.54, 1.807) is 38.1 Å². The van der Waals surface area contributed by atoms with Gasteiger partial charge in [0, 0.05) is 12.3 Å². The molecule has 7 nitrogen and oxygen atoms in total. The number of hydrogen-bond acceptors (Lipinski definition) is 7. The number of Topliss-reactive ketones (excluding diaryl/α,β-unsaturated/α-hetero) is 1. The summed E-state index contributed by atoms with van der Waals surface area (Å²) in [7, 11) is 1.46. The largest absolute Gasteiger partial charge is 0.496 e. The molecule has 1 fully saturated rings. The van der Waals surface area contributed by atoms with Gasteiger partial charge in [-0.15, -0.1) is 0 Å². The van der Waals surface area contributed by atoms with Gasteiger partial charge in [-0.05, 0) is 32.4 Å². The summed E-state index contributed by atoms with van der Waals surface area (Å²) < 4.78 is 15.6. The SMILES string of the molecule is CCOC(=O)[C@H]1C(=O)C[C@](C)(O)[C@@H](C(=O)OCC)[C@H]1c1ccccc1OC. The van der Waals surface area contributed by atoms with Crippen LogP contribution in [0.4, 0.5) is 0 Å². The van der Waals surface area contributed by atoms with E-state index in [4.69, 9.17) is 14.2 Å². The second-order valence-electron chi connectivity index (χ2n) is 6.73. The fraction of sp³-hybridized carbons (Fsp3) is 0.550. The molecule has 1 aliphatic rings. The molecule has 1 aromatic carbocycles. The van der Waals surface area contributed by atoms with Gasteiger partial charge in [-0.1, -0.05) is 18.2 Å². The first-order chi connectivity index (χ1) is 12.8. The van der Waals surface area contributed by atoms with Gasteiger partial charge in [-0.2, -0.15) is 0 Å². The second kappa shape index (κ2) is 8.52. The van der Waals surface area contributed by atoms with Crippen molar-refractivity contribution >= 4 is 17.7 Å². The maximum atomic E-state index is 12.8. The van der Waals surface area contributed by atoms with Gasteiger partial charge in [0.2, 0.25) is 0 Å². The Morgan fingerprint density at radius 2 is 1.74 bits per heavy atom. The lowest BCUT2D eigenvalue weighted by atomic mass is 9.61. The summed E-state index contributed by atoms with van der Waals surface area (Å²) >= 11 is 0. The number of ketones is 1. The van der Waals surface area contributed by atoms with Gasteiger partial charge in [0.1, 0.15) is 11.7 Å². The number of aliphatic hydroxyl groups is 1. The summed E-state index contributed by atoms with van der Waals surface area (Å²) in [4.78, 5) is 38.1. The summed E-state index contributed by atoms with van der Waals surface area (Å²) in [6.45, 7) is 4.92. The summed E-state index contributed by atoms with van der Waals surface area (Å²) in [5, 5.41) is 10.9. The molecule has 0 heterocycles. The number of carbonyl (C=O) groups is 3. The first kappa shape index (κ1) is 20.9. The van der Waals surface area contributed by atoms with E-state index in [0.29, 0.717) is 11.3 Å². The molecular formula is C20H26O7. The van der Waals surface area contributed by atoms with Gasteiger partial charge < -0.3 is 19.3 Å². The van der Waals surface area contributed by atoms with Crippen LogP contribution >= 0.6 is 0 Å². The molecule has 1 saturated carbocycles. The molecule has 0 unspecified atom stereocenters. The lowest BCUT2D eigenvalue weighted by molar-refractivity contribution is -0.172. The van der Waals surface area contributed by atoms with Crippen molar-refractivity contribution in [3.63, 3.8) is 0 Å². The molecule has 2 rings (SSSR count). The third-order valence-electron chi connectivity index (χ3n) is 4.85. The third kappa shape index (κ3) is 4.13. The van der Waals surface area contributed by atoms with Crippen molar-refractivity contribution in [2.75, 3.05) is 20.3 Å². The number of esters is 2. The van der Waals surface area contributed by atoms with Gasteiger partial charge in [0.05, 0.1) is 31.8 Å². The highest BCUT2D eigenvalue weighted by Crippen LogP contribution is 2.48. The van der Waals surface area contributed by atoms with Gasteiger partial charge in [0.25, 0.3) is 0 Å². The van der Waals surface area contributed by atoms with Crippen molar-refractivity contribution in [3.8, 4) is 5.75 Å². The quantitative estimate of drug-likeness (QED) is 0.596. The molecule has 0 aliphatic heterocycles. The lowest BCUT2D eigenvalue weighted by Gasteiger charge is -2.43. The fourth-order valence-electron chi connectivity index (χ4n) is 3.80. The van der Waals surface area contributed by atoms with Crippen LogP contribution in [0.25, 0.3) is 0 Å². The summed E-state index contributed by atoms with van der Waals surface area (Å²) in [5.74, 6) is -4.76. The number of para-hydroxylation sites is 1. The van der Waals surface area contributed by atoms with E-state index in [1.807, 2.05) is 0 Å². The Bertz CT molecular complexity index is 710. The standard InChI is InChI=1S/C20H26O7/c1-5-26-18(22)16-13(21)11-20(3,24)17(19(23)27-6-2)15(16)12-9-7-8-10-14(12)25-4/h7-10,15-17,24H,5-6,11H2,1-4H3/t15-,16-,17+,20-/m0/s1.